The van der Waals surface area contributed by atoms with Crippen LogP contribution in [0.4, 0.5) is 5.13 Å². The van der Waals surface area contributed by atoms with Crippen LogP contribution >= 0.6 is 11.3 Å². The van der Waals surface area contributed by atoms with Gasteiger partial charge in [-0.3, -0.25) is 9.82 Å². The Morgan fingerprint density at radius 3 is 2.71 bits per heavy atom. The zero-order valence-electron chi connectivity index (χ0n) is 11.7. The Hall–Kier alpha value is -1.52. The Bertz CT molecular complexity index is 747. The number of nitrogens with zero attached hydrogens (tertiary/aromatic N) is 3. The van der Waals surface area contributed by atoms with E-state index in [2.05, 4.69) is 30.4 Å². The Morgan fingerprint density at radius 2 is 2.10 bits per heavy atom. The number of nitrogens with one attached hydrogen (secondary N) is 3. The van der Waals surface area contributed by atoms with Crippen molar-refractivity contribution in [1.29, 1.82) is 0 Å². The van der Waals surface area contributed by atoms with Crippen LogP contribution in [0.15, 0.2) is 4.90 Å². The van der Waals surface area contributed by atoms with E-state index in [9.17, 15) is 8.42 Å². The summed E-state index contributed by atoms with van der Waals surface area (Å²) >= 11 is 1.19. The number of H-pyrrole nitrogens is 1. The smallest absolute Gasteiger partial charge is 0.267 e. The molecule has 0 unspecified atom stereocenters. The Morgan fingerprint density at radius 1 is 1.33 bits per heavy atom. The maximum absolute atomic E-state index is 12.5. The normalized spacial score (nSPS) is 15.3. The minimum Gasteiger partial charge on any atom is -0.308 e. The van der Waals surface area contributed by atoms with Gasteiger partial charge in [-0.15, -0.1) is 10.2 Å². The number of aryl methyl sites for hydroxylation is 2. The molecule has 0 amide bonds. The second-order valence-electron chi connectivity index (χ2n) is 5.01. The van der Waals surface area contributed by atoms with Crippen LogP contribution in [0.25, 0.3) is 0 Å². The summed E-state index contributed by atoms with van der Waals surface area (Å²) in [5.74, 6) is 0. The second kappa shape index (κ2) is 5.35. The van der Waals surface area contributed by atoms with Crippen molar-refractivity contribution < 1.29 is 8.42 Å². The van der Waals surface area contributed by atoms with Crippen molar-refractivity contribution in [1.82, 2.24) is 25.7 Å². The largest absolute Gasteiger partial charge is 0.308 e. The molecule has 0 radical (unpaired) electrons. The molecule has 1 saturated carbocycles. The first kappa shape index (κ1) is 14.4. The van der Waals surface area contributed by atoms with Crippen LogP contribution < -0.4 is 10.0 Å². The average molecular weight is 328 g/mol. The molecule has 1 aliphatic carbocycles. The zero-order chi connectivity index (χ0) is 15.0. The highest BCUT2D eigenvalue weighted by Gasteiger charge is 2.27. The third-order valence-electron chi connectivity index (χ3n) is 3.11. The van der Waals surface area contributed by atoms with Gasteiger partial charge < -0.3 is 5.32 Å². The van der Waals surface area contributed by atoms with Crippen molar-refractivity contribution in [3.8, 4) is 0 Å². The summed E-state index contributed by atoms with van der Waals surface area (Å²) in [6.45, 7) is 3.89. The van der Waals surface area contributed by atoms with Crippen LogP contribution in [0.2, 0.25) is 0 Å². The zero-order valence-corrected chi connectivity index (χ0v) is 13.3. The van der Waals surface area contributed by atoms with Gasteiger partial charge in [-0.2, -0.15) is 5.10 Å². The average Bonchev–Trinajstić information content (AvgIpc) is 3.04. The van der Waals surface area contributed by atoms with E-state index in [4.69, 9.17) is 0 Å². The maximum Gasteiger partial charge on any atom is 0.267 e. The van der Waals surface area contributed by atoms with Gasteiger partial charge in [0.15, 0.2) is 0 Å². The Labute approximate surface area is 126 Å². The van der Waals surface area contributed by atoms with Gasteiger partial charge >= 0.3 is 0 Å². The van der Waals surface area contributed by atoms with Crippen molar-refractivity contribution in [2.75, 3.05) is 4.72 Å². The molecule has 21 heavy (non-hydrogen) atoms. The number of anilines is 1. The first-order valence-corrected chi connectivity index (χ1v) is 8.86. The Balaban J connectivity index is 1.84. The molecule has 114 valence electrons. The predicted molar refractivity (Wildman–Crippen MR) is 78.6 cm³/mol. The molecule has 3 rings (SSSR count). The van der Waals surface area contributed by atoms with Crippen LogP contribution in [-0.2, 0) is 16.6 Å². The summed E-state index contributed by atoms with van der Waals surface area (Å²) in [4.78, 5) is 0.184. The van der Waals surface area contributed by atoms with Crippen molar-refractivity contribution in [2.24, 2.45) is 0 Å². The molecule has 0 bridgehead atoms. The summed E-state index contributed by atoms with van der Waals surface area (Å²) in [5.41, 5.74) is 1.00. The van der Waals surface area contributed by atoms with Crippen molar-refractivity contribution in [3.63, 3.8) is 0 Å². The number of hydrogen-bond donors (Lipinski definition) is 3. The maximum atomic E-state index is 12.5. The lowest BCUT2D eigenvalue weighted by Gasteiger charge is -2.07. The summed E-state index contributed by atoms with van der Waals surface area (Å²) < 4.78 is 27.5. The summed E-state index contributed by atoms with van der Waals surface area (Å²) in [6, 6.07) is 0.483. The van der Waals surface area contributed by atoms with Crippen LogP contribution in [0.3, 0.4) is 0 Å². The quantitative estimate of drug-likeness (QED) is 0.727. The molecule has 1 aliphatic rings. The number of sulfonamides is 1. The molecule has 0 aliphatic heterocycles. The van der Waals surface area contributed by atoms with E-state index in [0.29, 0.717) is 29.0 Å². The fourth-order valence-electron chi connectivity index (χ4n) is 1.98. The van der Waals surface area contributed by atoms with Gasteiger partial charge in [0, 0.05) is 12.6 Å². The van der Waals surface area contributed by atoms with E-state index in [1.54, 1.807) is 13.8 Å². The molecule has 1 fully saturated rings. The lowest BCUT2D eigenvalue weighted by atomic mass is 10.3. The number of aromatic amines is 1. The first-order valence-electron chi connectivity index (χ1n) is 6.56. The number of aromatic nitrogens is 4. The van der Waals surface area contributed by atoms with Gasteiger partial charge in [-0.25, -0.2) is 8.42 Å². The molecule has 2 heterocycles. The van der Waals surface area contributed by atoms with E-state index in [1.807, 2.05) is 0 Å². The highest BCUT2D eigenvalue weighted by atomic mass is 32.2. The summed E-state index contributed by atoms with van der Waals surface area (Å²) in [5, 5.41) is 18.6. The molecule has 0 aromatic carbocycles. The highest BCUT2D eigenvalue weighted by Crippen LogP contribution is 2.24. The van der Waals surface area contributed by atoms with E-state index in [-0.39, 0.29) is 10.0 Å². The van der Waals surface area contributed by atoms with E-state index in [1.165, 1.54) is 11.3 Å². The van der Waals surface area contributed by atoms with Gasteiger partial charge in [0.25, 0.3) is 10.0 Å². The van der Waals surface area contributed by atoms with Gasteiger partial charge in [-0.1, -0.05) is 11.3 Å². The standard InChI is InChI=1S/C11H16N6O2S2/c1-6-10(9(15-13-6)5-12-8-3-4-8)21(18,19)17-11-16-14-7(2)20-11/h8,12H,3-5H2,1-2H3,(H,13,15)(H,16,17). The lowest BCUT2D eigenvalue weighted by molar-refractivity contribution is 0.596. The van der Waals surface area contributed by atoms with E-state index in [0.717, 1.165) is 12.8 Å². The number of hydrogen-bond acceptors (Lipinski definition) is 7. The fraction of sp³-hybridized carbons (Fsp3) is 0.545. The molecule has 0 spiro atoms. The third kappa shape index (κ3) is 3.22. The van der Waals surface area contributed by atoms with Crippen LogP contribution in [0.5, 0.6) is 0 Å². The molecule has 2 aromatic heterocycles. The number of rotatable bonds is 6. The lowest BCUT2D eigenvalue weighted by Crippen LogP contribution is -2.20. The molecule has 10 heteroatoms. The molecule has 0 atom stereocenters. The van der Waals surface area contributed by atoms with E-state index < -0.39 is 10.0 Å². The molecule has 3 N–H and O–H groups in total. The second-order valence-corrected chi connectivity index (χ2v) is 7.81. The van der Waals surface area contributed by atoms with Gasteiger partial charge in [-0.05, 0) is 26.7 Å². The van der Waals surface area contributed by atoms with Gasteiger partial charge in [0.2, 0.25) is 5.13 Å². The van der Waals surface area contributed by atoms with Crippen LogP contribution in [-0.4, -0.2) is 34.9 Å². The van der Waals surface area contributed by atoms with E-state index >= 15 is 0 Å². The fourth-order valence-corrected chi connectivity index (χ4v) is 4.17. The van der Waals surface area contributed by atoms with Crippen molar-refractivity contribution in [2.45, 2.75) is 44.2 Å². The van der Waals surface area contributed by atoms with Crippen molar-refractivity contribution >= 4 is 26.5 Å². The molecule has 0 saturated heterocycles. The molecule has 2 aromatic rings. The third-order valence-corrected chi connectivity index (χ3v) is 5.54. The van der Waals surface area contributed by atoms with Gasteiger partial charge in [0.05, 0.1) is 11.4 Å². The van der Waals surface area contributed by atoms with Gasteiger partial charge in [0.1, 0.15) is 9.90 Å². The highest BCUT2D eigenvalue weighted by molar-refractivity contribution is 7.93. The monoisotopic (exact) mass is 328 g/mol. The predicted octanol–water partition coefficient (Wildman–Crippen LogP) is 0.931. The summed E-state index contributed by atoms with van der Waals surface area (Å²) in [7, 11) is -3.72. The van der Waals surface area contributed by atoms with Crippen LogP contribution in [0, 0.1) is 13.8 Å². The SMILES string of the molecule is Cc1nnc(NS(=O)(=O)c2c(CNC3CC3)n[nH]c2C)s1. The first-order chi connectivity index (χ1) is 9.95. The molecular formula is C11H16N6O2S2. The minimum atomic E-state index is -3.72. The summed E-state index contributed by atoms with van der Waals surface area (Å²) in [6.07, 6.45) is 2.27. The molecule has 8 nitrogen and oxygen atoms in total. The topological polar surface area (TPSA) is 113 Å². The van der Waals surface area contributed by atoms with Crippen LogP contribution in [0.1, 0.15) is 29.2 Å². The van der Waals surface area contributed by atoms with Crippen molar-refractivity contribution in [3.05, 3.63) is 16.4 Å². The Kier molecular flexibility index (Phi) is 3.68. The minimum absolute atomic E-state index is 0.184. The molecular weight excluding hydrogens is 312 g/mol.